The number of aromatic amines is 2. The van der Waals surface area contributed by atoms with Crippen LogP contribution in [0.3, 0.4) is 0 Å². The second-order valence-electron chi connectivity index (χ2n) is 6.78. The van der Waals surface area contributed by atoms with E-state index in [0.29, 0.717) is 35.8 Å². The molecule has 0 aliphatic carbocycles. The Hall–Kier alpha value is -3.95. The summed E-state index contributed by atoms with van der Waals surface area (Å²) in [4.78, 5) is 36.2. The minimum Gasteiger partial charge on any atom is -0.338 e. The predicted molar refractivity (Wildman–Crippen MR) is 113 cm³/mol. The number of benzene rings is 1. The first-order valence-electron chi connectivity index (χ1n) is 9.73. The lowest BCUT2D eigenvalue weighted by atomic mass is 10.1. The summed E-state index contributed by atoms with van der Waals surface area (Å²) in [6.07, 6.45) is 3.65. The van der Waals surface area contributed by atoms with Crippen molar-refractivity contribution in [2.45, 2.75) is 27.3 Å². The Morgan fingerprint density at radius 2 is 2.07 bits per heavy atom. The number of rotatable bonds is 5. The van der Waals surface area contributed by atoms with Crippen molar-refractivity contribution in [1.82, 2.24) is 29.9 Å². The molecule has 1 aromatic carbocycles. The zero-order valence-electron chi connectivity index (χ0n) is 17.0. The fraction of sp³-hybridized carbons (Fsp3) is 0.250. The second-order valence-corrected chi connectivity index (χ2v) is 6.78. The Bertz CT molecular complexity index is 1270. The average molecular weight is 407 g/mol. The zero-order chi connectivity index (χ0) is 21.3. The van der Waals surface area contributed by atoms with Crippen molar-refractivity contribution in [3.8, 4) is 16.9 Å². The second kappa shape index (κ2) is 7.82. The van der Waals surface area contributed by atoms with Gasteiger partial charge in [-0.2, -0.15) is 10.1 Å². The molecule has 3 aromatic heterocycles. The van der Waals surface area contributed by atoms with Crippen LogP contribution in [0.25, 0.3) is 28.0 Å². The molecule has 3 heterocycles. The number of nitrogens with one attached hydrogen (secondary N) is 4. The molecular formula is C20H23N8O2+. The van der Waals surface area contributed by atoms with Crippen molar-refractivity contribution in [1.29, 1.82) is 0 Å². The standard InChI is InChI=1S/C20H22N8O2/c1-4-21-19(29)26-18-23-15-10-13(14-9-12(3)27(5-2)20(30)24-14)11-16(17(15)25-18)28-8-6-7-22-28/h6-11H,4-5H2,1-3H3,(H3,21,23,24,25,26,29,30)/p+1. The summed E-state index contributed by atoms with van der Waals surface area (Å²) in [6, 6.07) is 7.19. The Morgan fingerprint density at radius 1 is 1.23 bits per heavy atom. The van der Waals surface area contributed by atoms with Gasteiger partial charge in [0.15, 0.2) is 5.52 Å². The van der Waals surface area contributed by atoms with E-state index in [1.165, 1.54) is 0 Å². The van der Waals surface area contributed by atoms with E-state index >= 15 is 0 Å². The van der Waals surface area contributed by atoms with Gasteiger partial charge in [0.1, 0.15) is 0 Å². The van der Waals surface area contributed by atoms with Gasteiger partial charge in [0, 0.05) is 36.5 Å². The van der Waals surface area contributed by atoms with E-state index in [9.17, 15) is 9.59 Å². The van der Waals surface area contributed by atoms with E-state index in [0.717, 1.165) is 16.9 Å². The SMILES string of the molecule is CCNC(=O)Nc1nc2c(-[n+]3ccc[nH]3)cc(-c3cc(C)n(CC)c(=O)n3)cc2[nH]1. The number of imidazole rings is 1. The highest BCUT2D eigenvalue weighted by molar-refractivity contribution is 5.93. The largest absolute Gasteiger partial charge is 0.348 e. The van der Waals surface area contributed by atoms with Crippen molar-refractivity contribution in [2.24, 2.45) is 0 Å². The normalized spacial score (nSPS) is 11.0. The number of aromatic nitrogens is 6. The Morgan fingerprint density at radius 3 is 2.73 bits per heavy atom. The maximum Gasteiger partial charge on any atom is 0.348 e. The number of hydrogen-bond acceptors (Lipinski definition) is 4. The van der Waals surface area contributed by atoms with E-state index in [-0.39, 0.29) is 11.7 Å². The number of carbonyl (C=O) groups excluding carboxylic acids is 1. The fourth-order valence-corrected chi connectivity index (χ4v) is 3.40. The highest BCUT2D eigenvalue weighted by atomic mass is 16.2. The molecule has 10 heteroatoms. The van der Waals surface area contributed by atoms with Crippen LogP contribution in [-0.2, 0) is 6.54 Å². The summed E-state index contributed by atoms with van der Waals surface area (Å²) in [6.45, 7) is 6.71. The first-order chi connectivity index (χ1) is 14.5. The highest BCUT2D eigenvalue weighted by Gasteiger charge is 2.20. The number of carbonyl (C=O) groups is 1. The third-order valence-corrected chi connectivity index (χ3v) is 4.77. The van der Waals surface area contributed by atoms with Gasteiger partial charge < -0.3 is 10.3 Å². The molecule has 0 saturated heterocycles. The van der Waals surface area contributed by atoms with Crippen LogP contribution in [0.4, 0.5) is 10.7 Å². The van der Waals surface area contributed by atoms with Crippen molar-refractivity contribution in [3.63, 3.8) is 0 Å². The van der Waals surface area contributed by atoms with Gasteiger partial charge >= 0.3 is 11.7 Å². The monoisotopic (exact) mass is 407 g/mol. The van der Waals surface area contributed by atoms with Gasteiger partial charge in [0.05, 0.1) is 17.4 Å². The molecule has 0 radical (unpaired) electrons. The topological polar surface area (TPSA) is 124 Å². The van der Waals surface area contributed by atoms with Gasteiger partial charge in [-0.3, -0.25) is 9.88 Å². The maximum atomic E-state index is 12.4. The molecule has 0 aliphatic heterocycles. The van der Waals surface area contributed by atoms with Crippen LogP contribution in [0.2, 0.25) is 0 Å². The smallest absolute Gasteiger partial charge is 0.338 e. The third kappa shape index (κ3) is 3.54. The molecule has 0 spiro atoms. The van der Waals surface area contributed by atoms with Crippen molar-refractivity contribution in [2.75, 3.05) is 11.9 Å². The molecule has 10 nitrogen and oxygen atoms in total. The van der Waals surface area contributed by atoms with E-state index in [1.807, 2.05) is 55.9 Å². The molecule has 0 bridgehead atoms. The minimum absolute atomic E-state index is 0.287. The van der Waals surface area contributed by atoms with Crippen LogP contribution >= 0.6 is 0 Å². The number of urea groups is 1. The number of H-pyrrole nitrogens is 2. The number of nitrogens with zero attached hydrogens (tertiary/aromatic N) is 4. The van der Waals surface area contributed by atoms with E-state index in [4.69, 9.17) is 0 Å². The molecule has 4 rings (SSSR count). The van der Waals surface area contributed by atoms with Crippen LogP contribution in [0.15, 0.2) is 41.5 Å². The Kier molecular flexibility index (Phi) is 5.05. The summed E-state index contributed by atoms with van der Waals surface area (Å²) < 4.78 is 3.43. The fourth-order valence-electron chi connectivity index (χ4n) is 3.40. The maximum absolute atomic E-state index is 12.4. The van der Waals surface area contributed by atoms with Crippen molar-refractivity contribution in [3.05, 3.63) is 52.8 Å². The third-order valence-electron chi connectivity index (χ3n) is 4.77. The number of aryl methyl sites for hydroxylation is 1. The molecule has 0 aliphatic rings. The summed E-state index contributed by atoms with van der Waals surface area (Å²) in [5.41, 5.74) is 4.01. The summed E-state index contributed by atoms with van der Waals surface area (Å²) in [5, 5.41) is 8.48. The first kappa shape index (κ1) is 19.4. The zero-order valence-corrected chi connectivity index (χ0v) is 17.0. The molecule has 4 aromatic rings. The first-order valence-corrected chi connectivity index (χ1v) is 9.73. The van der Waals surface area contributed by atoms with Gasteiger partial charge in [0.25, 0.3) is 5.69 Å². The van der Waals surface area contributed by atoms with Crippen molar-refractivity contribution < 1.29 is 9.48 Å². The number of anilines is 1. The molecule has 0 saturated carbocycles. The average Bonchev–Trinajstić information content (AvgIpc) is 3.36. The molecule has 0 fully saturated rings. The molecule has 0 atom stereocenters. The summed E-state index contributed by atoms with van der Waals surface area (Å²) >= 11 is 0. The number of hydrogen-bond donors (Lipinski definition) is 4. The van der Waals surface area contributed by atoms with Crippen LogP contribution in [-0.4, -0.2) is 37.2 Å². The minimum atomic E-state index is -0.341. The number of fused-ring (bicyclic) bond motifs is 1. The quantitative estimate of drug-likeness (QED) is 0.377. The van der Waals surface area contributed by atoms with Gasteiger partial charge in [-0.25, -0.2) is 14.6 Å². The predicted octanol–water partition coefficient (Wildman–Crippen LogP) is 1.86. The van der Waals surface area contributed by atoms with E-state index in [1.54, 1.807) is 10.8 Å². The van der Waals surface area contributed by atoms with Crippen LogP contribution in [0, 0.1) is 6.92 Å². The van der Waals surface area contributed by atoms with Gasteiger partial charge in [-0.05, 0) is 32.9 Å². The van der Waals surface area contributed by atoms with Crippen LogP contribution in [0.1, 0.15) is 19.5 Å². The Labute approximate surface area is 172 Å². The summed E-state index contributed by atoms with van der Waals surface area (Å²) in [7, 11) is 0. The molecule has 0 unspecified atom stereocenters. The Balaban J connectivity index is 1.88. The molecule has 4 N–H and O–H groups in total. The van der Waals surface area contributed by atoms with Gasteiger partial charge in [0.2, 0.25) is 12.1 Å². The van der Waals surface area contributed by atoms with E-state index < -0.39 is 0 Å². The highest BCUT2D eigenvalue weighted by Crippen LogP contribution is 2.26. The molecule has 30 heavy (non-hydrogen) atoms. The lowest BCUT2D eigenvalue weighted by Crippen LogP contribution is -2.32. The molecular weight excluding hydrogens is 384 g/mol. The van der Waals surface area contributed by atoms with E-state index in [2.05, 4.69) is 30.7 Å². The van der Waals surface area contributed by atoms with Crippen molar-refractivity contribution >= 4 is 23.0 Å². The van der Waals surface area contributed by atoms with Crippen LogP contribution in [0.5, 0.6) is 0 Å². The van der Waals surface area contributed by atoms with Gasteiger partial charge in [-0.1, -0.05) is 4.68 Å². The number of amides is 2. The lowest BCUT2D eigenvalue weighted by Gasteiger charge is -2.08. The summed E-state index contributed by atoms with van der Waals surface area (Å²) in [5.74, 6) is 0.326. The lowest BCUT2D eigenvalue weighted by molar-refractivity contribution is -0.653. The van der Waals surface area contributed by atoms with Gasteiger partial charge in [-0.15, -0.1) is 0 Å². The van der Waals surface area contributed by atoms with Crippen LogP contribution < -0.4 is 21.0 Å². The molecule has 154 valence electrons. The molecule has 2 amide bonds.